The van der Waals surface area contributed by atoms with Gasteiger partial charge in [-0.25, -0.2) is 4.99 Å². The number of amides is 1. The van der Waals surface area contributed by atoms with Gasteiger partial charge in [-0.15, -0.1) is 11.3 Å². The Labute approximate surface area is 249 Å². The summed E-state index contributed by atoms with van der Waals surface area (Å²) in [7, 11) is 0. The molecule has 1 aliphatic carbocycles. The zero-order valence-corrected chi connectivity index (χ0v) is 25.2. The molecule has 5 aromatic rings. The van der Waals surface area contributed by atoms with Crippen molar-refractivity contribution < 1.29 is 9.21 Å². The molecule has 1 amide bonds. The van der Waals surface area contributed by atoms with Crippen molar-refractivity contribution >= 4 is 51.0 Å². The van der Waals surface area contributed by atoms with E-state index in [9.17, 15) is 4.79 Å². The van der Waals surface area contributed by atoms with Crippen molar-refractivity contribution in [1.82, 2.24) is 9.88 Å². The molecule has 6 rings (SSSR count). The van der Waals surface area contributed by atoms with Crippen LogP contribution in [0, 0.1) is 11.3 Å². The zero-order valence-electron chi connectivity index (χ0n) is 23.6. The molecule has 0 bridgehead atoms. The third kappa shape index (κ3) is 5.90. The van der Waals surface area contributed by atoms with Gasteiger partial charge in [0.2, 0.25) is 0 Å². The number of thiophene rings is 1. The Kier molecular flexibility index (Phi) is 7.62. The van der Waals surface area contributed by atoms with Gasteiger partial charge in [0.05, 0.1) is 18.4 Å². The van der Waals surface area contributed by atoms with Gasteiger partial charge in [0.1, 0.15) is 10.8 Å². The van der Waals surface area contributed by atoms with Crippen LogP contribution in [0.4, 0.5) is 5.00 Å². The first kappa shape index (κ1) is 27.6. The van der Waals surface area contributed by atoms with Crippen molar-refractivity contribution in [2.75, 3.05) is 0 Å². The fourth-order valence-corrected chi connectivity index (χ4v) is 7.12. The number of carbonyl (C=O) groups is 1. The minimum Gasteiger partial charge on any atom is -0.467 e. The van der Waals surface area contributed by atoms with Crippen LogP contribution < -0.4 is 5.32 Å². The summed E-state index contributed by atoms with van der Waals surface area (Å²) in [6.07, 6.45) is 8.64. The SMILES string of the molecule is CC(C)(C)[C@H]1CCc2c(sc(N=Cc3cn(Cc4ccc(Cl)cc4)c4ccccc34)c2C(=O)NCc2ccco2)C1. The lowest BCUT2D eigenvalue weighted by Crippen LogP contribution is -2.28. The van der Waals surface area contributed by atoms with E-state index in [-0.39, 0.29) is 11.3 Å². The van der Waals surface area contributed by atoms with Gasteiger partial charge in [0, 0.05) is 45.3 Å². The first-order valence-electron chi connectivity index (χ1n) is 14.1. The van der Waals surface area contributed by atoms with E-state index >= 15 is 0 Å². The van der Waals surface area contributed by atoms with Gasteiger partial charge in [0.15, 0.2) is 0 Å². The fourth-order valence-electron chi connectivity index (χ4n) is 5.73. The highest BCUT2D eigenvalue weighted by atomic mass is 35.5. The van der Waals surface area contributed by atoms with Gasteiger partial charge in [0.25, 0.3) is 5.91 Å². The van der Waals surface area contributed by atoms with E-state index in [1.807, 2.05) is 30.5 Å². The van der Waals surface area contributed by atoms with Crippen molar-refractivity contribution in [3.8, 4) is 0 Å². The number of nitrogens with one attached hydrogen (secondary N) is 1. The molecule has 7 heteroatoms. The zero-order chi connectivity index (χ0) is 28.6. The van der Waals surface area contributed by atoms with Crippen molar-refractivity contribution in [2.24, 2.45) is 16.3 Å². The van der Waals surface area contributed by atoms with Crippen LogP contribution in [0.25, 0.3) is 10.9 Å². The van der Waals surface area contributed by atoms with Crippen LogP contribution in [0.15, 0.2) is 82.5 Å². The predicted octanol–water partition coefficient (Wildman–Crippen LogP) is 8.83. The summed E-state index contributed by atoms with van der Waals surface area (Å²) < 4.78 is 7.68. The average molecular weight is 584 g/mol. The van der Waals surface area contributed by atoms with E-state index in [0.717, 1.165) is 63.6 Å². The maximum Gasteiger partial charge on any atom is 0.255 e. The standard InChI is InChI=1S/C34H34ClN3O2S/c1-34(2,3)24-12-15-28-30(17-24)41-33(31(28)32(39)36-19-26-7-6-16-40-26)37-18-23-21-38(29-9-5-4-8-27(23)29)20-22-10-13-25(35)14-11-22/h4-11,13-14,16,18,21,24H,12,15,17,19-20H2,1-3H3,(H,36,39)/t24-/m0/s1. The summed E-state index contributed by atoms with van der Waals surface area (Å²) in [6.45, 7) is 8.01. The smallest absolute Gasteiger partial charge is 0.255 e. The Bertz CT molecular complexity index is 1710. The molecule has 1 N–H and O–H groups in total. The molecule has 0 saturated carbocycles. The molecule has 0 saturated heterocycles. The maximum atomic E-state index is 13.6. The number of hydrogen-bond acceptors (Lipinski definition) is 4. The summed E-state index contributed by atoms with van der Waals surface area (Å²) in [6, 6.07) is 20.0. The maximum absolute atomic E-state index is 13.6. The number of carbonyl (C=O) groups excluding carboxylic acids is 1. The first-order chi connectivity index (χ1) is 19.8. The van der Waals surface area contributed by atoms with Crippen LogP contribution in [0.5, 0.6) is 0 Å². The monoisotopic (exact) mass is 583 g/mol. The Morgan fingerprint density at radius 3 is 2.71 bits per heavy atom. The van der Waals surface area contributed by atoms with Crippen LogP contribution in [0.1, 0.15) is 64.9 Å². The normalized spacial score (nSPS) is 15.5. The molecule has 5 nitrogen and oxygen atoms in total. The lowest BCUT2D eigenvalue weighted by Gasteiger charge is -2.33. The molecule has 41 heavy (non-hydrogen) atoms. The Balaban J connectivity index is 1.34. The number of rotatable bonds is 7. The summed E-state index contributed by atoms with van der Waals surface area (Å²) in [5, 5.41) is 5.70. The van der Waals surface area contributed by atoms with Crippen molar-refractivity contribution in [2.45, 2.75) is 53.1 Å². The second-order valence-electron chi connectivity index (χ2n) is 11.9. The highest BCUT2D eigenvalue weighted by Crippen LogP contribution is 2.45. The van der Waals surface area contributed by atoms with E-state index in [1.165, 1.54) is 10.4 Å². The Morgan fingerprint density at radius 2 is 1.95 bits per heavy atom. The van der Waals surface area contributed by atoms with Crippen LogP contribution >= 0.6 is 22.9 Å². The second-order valence-corrected chi connectivity index (χ2v) is 13.4. The van der Waals surface area contributed by atoms with Gasteiger partial charge >= 0.3 is 0 Å². The van der Waals surface area contributed by atoms with E-state index in [4.69, 9.17) is 21.0 Å². The number of para-hydroxylation sites is 1. The highest BCUT2D eigenvalue weighted by molar-refractivity contribution is 7.16. The number of benzene rings is 2. The van der Waals surface area contributed by atoms with Crippen LogP contribution in [-0.4, -0.2) is 16.7 Å². The van der Waals surface area contributed by atoms with Gasteiger partial charge in [-0.05, 0) is 72.1 Å². The Morgan fingerprint density at radius 1 is 1.15 bits per heavy atom. The van der Waals surface area contributed by atoms with Crippen molar-refractivity contribution in [3.05, 3.63) is 111 Å². The average Bonchev–Trinajstić information content (AvgIpc) is 3.69. The van der Waals surface area contributed by atoms with E-state index in [1.54, 1.807) is 17.6 Å². The van der Waals surface area contributed by atoms with Crippen LogP contribution in [-0.2, 0) is 25.9 Å². The third-order valence-corrected chi connectivity index (χ3v) is 9.52. The van der Waals surface area contributed by atoms with Gasteiger partial charge in [-0.2, -0.15) is 0 Å². The van der Waals surface area contributed by atoms with Crippen molar-refractivity contribution in [3.63, 3.8) is 0 Å². The minimum absolute atomic E-state index is 0.0922. The molecule has 0 radical (unpaired) electrons. The molecule has 1 aliphatic rings. The topological polar surface area (TPSA) is 59.5 Å². The third-order valence-electron chi connectivity index (χ3n) is 8.11. The molecule has 0 spiro atoms. The number of aromatic nitrogens is 1. The summed E-state index contributed by atoms with van der Waals surface area (Å²) in [4.78, 5) is 19.9. The molecule has 0 aliphatic heterocycles. The number of nitrogens with zero attached hydrogens (tertiary/aromatic N) is 2. The van der Waals surface area contributed by atoms with Crippen molar-refractivity contribution in [1.29, 1.82) is 0 Å². The van der Waals surface area contributed by atoms with Crippen LogP contribution in [0.3, 0.4) is 0 Å². The fraction of sp³-hybridized carbons (Fsp3) is 0.294. The highest BCUT2D eigenvalue weighted by Gasteiger charge is 2.33. The minimum atomic E-state index is -0.0922. The molecule has 0 unspecified atom stereocenters. The second kappa shape index (κ2) is 11.3. The molecular formula is C34H34ClN3O2S. The van der Waals surface area contributed by atoms with Gasteiger partial charge in [-0.3, -0.25) is 4.79 Å². The molecule has 3 aromatic heterocycles. The lowest BCUT2D eigenvalue weighted by molar-refractivity contribution is 0.0947. The van der Waals surface area contributed by atoms with Crippen LogP contribution in [0.2, 0.25) is 5.02 Å². The van der Waals surface area contributed by atoms with E-state index in [0.29, 0.717) is 18.0 Å². The summed E-state index contributed by atoms with van der Waals surface area (Å²) in [5.41, 5.74) is 5.43. The quantitative estimate of drug-likeness (QED) is 0.195. The summed E-state index contributed by atoms with van der Waals surface area (Å²) in [5.74, 6) is 1.22. The number of halogens is 1. The number of hydrogen-bond donors (Lipinski definition) is 1. The first-order valence-corrected chi connectivity index (χ1v) is 15.3. The Hall–Kier alpha value is -3.61. The predicted molar refractivity (Wildman–Crippen MR) is 169 cm³/mol. The molecule has 1 atom stereocenters. The number of aliphatic imine (C=N–C) groups is 1. The van der Waals surface area contributed by atoms with Gasteiger partial charge < -0.3 is 14.3 Å². The molecular weight excluding hydrogens is 550 g/mol. The molecule has 0 fully saturated rings. The van der Waals surface area contributed by atoms with E-state index < -0.39 is 0 Å². The number of fused-ring (bicyclic) bond motifs is 2. The van der Waals surface area contributed by atoms with Gasteiger partial charge in [-0.1, -0.05) is 62.7 Å². The summed E-state index contributed by atoms with van der Waals surface area (Å²) >= 11 is 7.77. The molecule has 210 valence electrons. The number of furan rings is 1. The lowest BCUT2D eigenvalue weighted by atomic mass is 9.72. The molecule has 2 aromatic carbocycles. The molecule has 3 heterocycles. The largest absolute Gasteiger partial charge is 0.467 e. The van der Waals surface area contributed by atoms with E-state index in [2.05, 4.69) is 73.3 Å².